The first-order valence-electron chi connectivity index (χ1n) is 6.97. The van der Waals surface area contributed by atoms with Crippen molar-refractivity contribution >= 4 is 11.7 Å². The average molecular weight is 266 g/mol. The predicted octanol–water partition coefficient (Wildman–Crippen LogP) is 1.72. The summed E-state index contributed by atoms with van der Waals surface area (Å²) in [5.74, 6) is 0. The third-order valence-corrected chi connectivity index (χ3v) is 3.39. The van der Waals surface area contributed by atoms with E-state index in [0.717, 1.165) is 38.6 Å². The highest BCUT2D eigenvalue weighted by atomic mass is 16.3. The number of urea groups is 1. The average Bonchev–Trinajstić information content (AvgIpc) is 2.80. The lowest BCUT2D eigenvalue weighted by atomic mass is 9.93. The molecular formula is C13H22N4O2. The zero-order valence-corrected chi connectivity index (χ0v) is 11.3. The number of carbonyl (C=O) groups is 1. The highest BCUT2D eigenvalue weighted by Gasteiger charge is 2.24. The van der Waals surface area contributed by atoms with Crippen LogP contribution in [0.25, 0.3) is 0 Å². The van der Waals surface area contributed by atoms with E-state index in [1.165, 1.54) is 0 Å². The van der Waals surface area contributed by atoms with Gasteiger partial charge in [0.15, 0.2) is 0 Å². The van der Waals surface area contributed by atoms with Gasteiger partial charge in [-0.15, -0.1) is 0 Å². The van der Waals surface area contributed by atoms with Crippen molar-refractivity contribution in [2.75, 3.05) is 5.32 Å². The van der Waals surface area contributed by atoms with Crippen LogP contribution in [-0.2, 0) is 6.54 Å². The predicted molar refractivity (Wildman–Crippen MR) is 72.9 cm³/mol. The Bertz CT molecular complexity index is 419. The van der Waals surface area contributed by atoms with Gasteiger partial charge in [-0.05, 0) is 19.3 Å². The van der Waals surface area contributed by atoms with Gasteiger partial charge in [-0.1, -0.05) is 19.8 Å². The minimum Gasteiger partial charge on any atom is -0.391 e. The van der Waals surface area contributed by atoms with Crippen molar-refractivity contribution in [3.63, 3.8) is 0 Å². The van der Waals surface area contributed by atoms with Gasteiger partial charge < -0.3 is 15.7 Å². The summed E-state index contributed by atoms with van der Waals surface area (Å²) < 4.78 is 1.80. The maximum absolute atomic E-state index is 11.8. The van der Waals surface area contributed by atoms with Gasteiger partial charge in [-0.2, -0.15) is 5.10 Å². The molecule has 1 aromatic rings. The Kier molecular flexibility index (Phi) is 4.79. The Morgan fingerprint density at radius 1 is 1.53 bits per heavy atom. The van der Waals surface area contributed by atoms with E-state index < -0.39 is 6.10 Å². The molecule has 2 amide bonds. The second kappa shape index (κ2) is 6.56. The van der Waals surface area contributed by atoms with Crippen LogP contribution in [-0.4, -0.2) is 33.1 Å². The summed E-state index contributed by atoms with van der Waals surface area (Å²) >= 11 is 0. The zero-order chi connectivity index (χ0) is 13.7. The molecule has 1 heterocycles. The largest absolute Gasteiger partial charge is 0.391 e. The molecule has 2 atom stereocenters. The topological polar surface area (TPSA) is 79.2 Å². The molecule has 106 valence electrons. The molecule has 1 aromatic heterocycles. The number of rotatable bonds is 4. The van der Waals surface area contributed by atoms with E-state index in [1.54, 1.807) is 17.1 Å². The number of nitrogens with one attached hydrogen (secondary N) is 2. The number of aromatic nitrogens is 2. The summed E-state index contributed by atoms with van der Waals surface area (Å²) in [6, 6.07) is -0.415. The Morgan fingerprint density at radius 2 is 2.32 bits per heavy atom. The lowest BCUT2D eigenvalue weighted by Gasteiger charge is -2.28. The molecule has 0 aromatic carbocycles. The molecule has 0 spiro atoms. The van der Waals surface area contributed by atoms with Gasteiger partial charge in [-0.3, -0.25) is 4.68 Å². The van der Waals surface area contributed by atoms with Gasteiger partial charge in [0, 0.05) is 12.7 Å². The lowest BCUT2D eigenvalue weighted by Crippen LogP contribution is -2.46. The molecule has 0 saturated heterocycles. The van der Waals surface area contributed by atoms with Crippen molar-refractivity contribution in [2.45, 2.75) is 57.7 Å². The Balaban J connectivity index is 1.82. The second-order valence-corrected chi connectivity index (χ2v) is 5.05. The molecule has 0 bridgehead atoms. The maximum Gasteiger partial charge on any atom is 0.319 e. The standard InChI is InChI=1S/C13H22N4O2/c1-2-7-17-9-10(8-14-17)15-13(19)16-11-5-3-4-6-12(11)18/h8-9,11-12,18H,2-7H2,1H3,(H2,15,16,19)/t11-,12-/m0/s1. The van der Waals surface area contributed by atoms with E-state index in [1.807, 2.05) is 0 Å². The van der Waals surface area contributed by atoms with Gasteiger partial charge in [-0.25, -0.2) is 4.79 Å². The second-order valence-electron chi connectivity index (χ2n) is 5.05. The van der Waals surface area contributed by atoms with E-state index in [-0.39, 0.29) is 12.1 Å². The van der Waals surface area contributed by atoms with Crippen molar-refractivity contribution < 1.29 is 9.90 Å². The van der Waals surface area contributed by atoms with Gasteiger partial charge >= 0.3 is 6.03 Å². The van der Waals surface area contributed by atoms with Crippen LogP contribution >= 0.6 is 0 Å². The summed E-state index contributed by atoms with van der Waals surface area (Å²) in [5.41, 5.74) is 0.677. The molecule has 1 fully saturated rings. The number of hydrogen-bond acceptors (Lipinski definition) is 3. The SMILES string of the molecule is CCCn1cc(NC(=O)N[C@H]2CCCC[C@@H]2O)cn1. The van der Waals surface area contributed by atoms with Crippen molar-refractivity contribution in [2.24, 2.45) is 0 Å². The minimum absolute atomic E-state index is 0.139. The number of carbonyl (C=O) groups excluding carboxylic acids is 1. The number of amides is 2. The first-order valence-corrected chi connectivity index (χ1v) is 6.97. The minimum atomic E-state index is -0.428. The Morgan fingerprint density at radius 3 is 3.05 bits per heavy atom. The molecule has 0 unspecified atom stereocenters. The van der Waals surface area contributed by atoms with Crippen LogP contribution in [0.15, 0.2) is 12.4 Å². The summed E-state index contributed by atoms with van der Waals surface area (Å²) in [6.07, 6.45) is 7.70. The van der Waals surface area contributed by atoms with Crippen molar-refractivity contribution in [3.8, 4) is 0 Å². The number of nitrogens with zero attached hydrogens (tertiary/aromatic N) is 2. The van der Waals surface area contributed by atoms with Crippen LogP contribution in [0.2, 0.25) is 0 Å². The summed E-state index contributed by atoms with van der Waals surface area (Å²) in [5, 5.41) is 19.5. The summed E-state index contributed by atoms with van der Waals surface area (Å²) in [4.78, 5) is 11.8. The van der Waals surface area contributed by atoms with E-state index in [4.69, 9.17) is 0 Å². The van der Waals surface area contributed by atoms with Crippen LogP contribution in [0, 0.1) is 0 Å². The quantitative estimate of drug-likeness (QED) is 0.776. The third kappa shape index (κ3) is 3.96. The molecule has 3 N–H and O–H groups in total. The normalized spacial score (nSPS) is 23.1. The van der Waals surface area contributed by atoms with E-state index in [2.05, 4.69) is 22.7 Å². The highest BCUT2D eigenvalue weighted by molar-refractivity contribution is 5.89. The Hall–Kier alpha value is -1.56. The van der Waals surface area contributed by atoms with Crippen LogP contribution in [0.4, 0.5) is 10.5 Å². The fraction of sp³-hybridized carbons (Fsp3) is 0.692. The lowest BCUT2D eigenvalue weighted by molar-refractivity contribution is 0.0955. The molecular weight excluding hydrogens is 244 g/mol. The monoisotopic (exact) mass is 266 g/mol. The van der Waals surface area contributed by atoms with E-state index in [9.17, 15) is 9.90 Å². The number of anilines is 1. The van der Waals surface area contributed by atoms with E-state index >= 15 is 0 Å². The van der Waals surface area contributed by atoms with Crippen molar-refractivity contribution in [3.05, 3.63) is 12.4 Å². The number of aliphatic hydroxyl groups is 1. The first-order chi connectivity index (χ1) is 9.19. The van der Waals surface area contributed by atoms with Crippen molar-refractivity contribution in [1.82, 2.24) is 15.1 Å². The van der Waals surface area contributed by atoms with Gasteiger partial charge in [0.2, 0.25) is 0 Å². The first kappa shape index (κ1) is 13.9. The van der Waals surface area contributed by atoms with Crippen LogP contribution < -0.4 is 10.6 Å². The molecule has 1 saturated carbocycles. The van der Waals surface area contributed by atoms with Crippen LogP contribution in [0.3, 0.4) is 0 Å². The van der Waals surface area contributed by atoms with Gasteiger partial charge in [0.05, 0.1) is 24.0 Å². The fourth-order valence-corrected chi connectivity index (χ4v) is 2.39. The molecule has 0 radical (unpaired) electrons. The summed E-state index contributed by atoms with van der Waals surface area (Å²) in [7, 11) is 0. The third-order valence-electron chi connectivity index (χ3n) is 3.39. The molecule has 0 aliphatic heterocycles. The summed E-state index contributed by atoms with van der Waals surface area (Å²) in [6.45, 7) is 2.91. The maximum atomic E-state index is 11.8. The molecule has 19 heavy (non-hydrogen) atoms. The van der Waals surface area contributed by atoms with E-state index in [0.29, 0.717) is 5.69 Å². The number of aryl methyl sites for hydroxylation is 1. The highest BCUT2D eigenvalue weighted by Crippen LogP contribution is 2.18. The fourth-order valence-electron chi connectivity index (χ4n) is 2.39. The number of hydrogen-bond donors (Lipinski definition) is 3. The molecule has 6 heteroatoms. The molecule has 2 rings (SSSR count). The van der Waals surface area contributed by atoms with Gasteiger partial charge in [0.25, 0.3) is 0 Å². The Labute approximate surface area is 113 Å². The molecule has 1 aliphatic carbocycles. The number of aliphatic hydroxyl groups excluding tert-OH is 1. The smallest absolute Gasteiger partial charge is 0.319 e. The molecule has 6 nitrogen and oxygen atoms in total. The van der Waals surface area contributed by atoms with Crippen molar-refractivity contribution in [1.29, 1.82) is 0 Å². The van der Waals surface area contributed by atoms with Crippen LogP contribution in [0.5, 0.6) is 0 Å². The van der Waals surface area contributed by atoms with Gasteiger partial charge in [0.1, 0.15) is 0 Å². The molecule has 1 aliphatic rings. The zero-order valence-electron chi connectivity index (χ0n) is 11.3. The van der Waals surface area contributed by atoms with Crippen LogP contribution in [0.1, 0.15) is 39.0 Å².